The van der Waals surface area contributed by atoms with Crippen LogP contribution in [0.4, 0.5) is 0 Å². The van der Waals surface area contributed by atoms with Gasteiger partial charge in [0.1, 0.15) is 0 Å². The maximum atomic E-state index is 10.6. The number of aliphatic hydroxyl groups is 1. The van der Waals surface area contributed by atoms with Gasteiger partial charge in [-0.15, -0.1) is 24.0 Å². The van der Waals surface area contributed by atoms with Crippen molar-refractivity contribution < 1.29 is 5.11 Å². The van der Waals surface area contributed by atoms with Gasteiger partial charge in [-0.05, 0) is 19.3 Å². The van der Waals surface area contributed by atoms with Gasteiger partial charge in [-0.1, -0.05) is 31.4 Å². The first-order chi connectivity index (χ1) is 10.7. The standard InChI is InChI=1S/C17H30N4O.HI/c1-18-16(19-14-17(22)8-3-2-4-9-17)21-12-7-15(13-21)20-10-5-6-11-20;/h5-6,15,22H,2-4,7-14H2,1H3,(H,18,19);1H. The highest BCUT2D eigenvalue weighted by atomic mass is 127. The molecule has 6 heteroatoms. The summed E-state index contributed by atoms with van der Waals surface area (Å²) in [4.78, 5) is 9.30. The van der Waals surface area contributed by atoms with Crippen LogP contribution in [0.15, 0.2) is 17.1 Å². The average Bonchev–Trinajstić information content (AvgIpc) is 3.20. The van der Waals surface area contributed by atoms with E-state index in [4.69, 9.17) is 0 Å². The maximum Gasteiger partial charge on any atom is 0.193 e. The minimum atomic E-state index is -0.536. The second-order valence-corrected chi connectivity index (χ2v) is 7.00. The van der Waals surface area contributed by atoms with E-state index < -0.39 is 5.60 Å². The highest BCUT2D eigenvalue weighted by molar-refractivity contribution is 14.0. The van der Waals surface area contributed by atoms with Crippen LogP contribution in [0.1, 0.15) is 38.5 Å². The molecule has 3 rings (SSSR count). The van der Waals surface area contributed by atoms with Crippen molar-refractivity contribution in [2.45, 2.75) is 50.2 Å². The van der Waals surface area contributed by atoms with Crippen molar-refractivity contribution in [1.82, 2.24) is 15.1 Å². The zero-order valence-electron chi connectivity index (χ0n) is 14.2. The fraction of sp³-hybridized carbons (Fsp3) is 0.824. The van der Waals surface area contributed by atoms with E-state index >= 15 is 0 Å². The van der Waals surface area contributed by atoms with Gasteiger partial charge in [0.25, 0.3) is 0 Å². The van der Waals surface area contributed by atoms with Crippen molar-refractivity contribution in [3.05, 3.63) is 12.2 Å². The summed E-state index contributed by atoms with van der Waals surface area (Å²) in [7, 11) is 1.85. The summed E-state index contributed by atoms with van der Waals surface area (Å²) in [5.74, 6) is 0.952. The number of halogens is 1. The topological polar surface area (TPSA) is 51.1 Å². The molecule has 2 fully saturated rings. The van der Waals surface area contributed by atoms with Crippen LogP contribution in [0.5, 0.6) is 0 Å². The fourth-order valence-corrected chi connectivity index (χ4v) is 3.99. The van der Waals surface area contributed by atoms with Crippen molar-refractivity contribution in [3.63, 3.8) is 0 Å². The summed E-state index contributed by atoms with van der Waals surface area (Å²) in [6, 6.07) is 0.631. The summed E-state index contributed by atoms with van der Waals surface area (Å²) >= 11 is 0. The number of nitrogens with zero attached hydrogens (tertiary/aromatic N) is 3. The molecule has 0 aromatic heterocycles. The molecule has 1 saturated carbocycles. The largest absolute Gasteiger partial charge is 0.388 e. The van der Waals surface area contributed by atoms with E-state index in [1.807, 2.05) is 7.05 Å². The van der Waals surface area contributed by atoms with E-state index in [9.17, 15) is 5.11 Å². The average molecular weight is 434 g/mol. The van der Waals surface area contributed by atoms with Gasteiger partial charge in [-0.2, -0.15) is 0 Å². The third-order valence-corrected chi connectivity index (χ3v) is 5.40. The summed E-state index contributed by atoms with van der Waals surface area (Å²) < 4.78 is 0. The first-order valence-electron chi connectivity index (χ1n) is 8.77. The van der Waals surface area contributed by atoms with Crippen LogP contribution in [-0.4, -0.2) is 72.3 Å². The van der Waals surface area contributed by atoms with Crippen molar-refractivity contribution in [2.75, 3.05) is 39.8 Å². The van der Waals surface area contributed by atoms with Crippen LogP contribution in [0.3, 0.4) is 0 Å². The molecule has 1 aliphatic carbocycles. The van der Waals surface area contributed by atoms with Crippen molar-refractivity contribution in [3.8, 4) is 0 Å². The van der Waals surface area contributed by atoms with Gasteiger partial charge in [-0.3, -0.25) is 9.89 Å². The Morgan fingerprint density at radius 1 is 1.26 bits per heavy atom. The molecule has 1 saturated heterocycles. The molecule has 23 heavy (non-hydrogen) atoms. The lowest BCUT2D eigenvalue weighted by atomic mass is 9.85. The Labute approximate surface area is 157 Å². The molecular formula is C17H31IN4O. The van der Waals surface area contributed by atoms with Gasteiger partial charge < -0.3 is 15.3 Å². The molecular weight excluding hydrogens is 403 g/mol. The lowest BCUT2D eigenvalue weighted by Crippen LogP contribution is -2.49. The predicted octanol–water partition coefficient (Wildman–Crippen LogP) is 1.82. The van der Waals surface area contributed by atoms with Crippen molar-refractivity contribution in [2.24, 2.45) is 4.99 Å². The number of aliphatic imine (C=N–C) groups is 1. The summed E-state index contributed by atoms with van der Waals surface area (Å²) in [5, 5.41) is 14.1. The molecule has 3 aliphatic rings. The zero-order chi connectivity index (χ0) is 15.4. The second kappa shape index (κ2) is 8.67. The van der Waals surface area contributed by atoms with E-state index in [2.05, 4.69) is 32.3 Å². The molecule has 5 nitrogen and oxygen atoms in total. The number of hydrogen-bond donors (Lipinski definition) is 2. The van der Waals surface area contributed by atoms with Gasteiger partial charge in [0.2, 0.25) is 0 Å². The van der Waals surface area contributed by atoms with Crippen LogP contribution in [0, 0.1) is 0 Å². The minimum absolute atomic E-state index is 0. The summed E-state index contributed by atoms with van der Waals surface area (Å²) in [6.45, 7) is 4.90. The molecule has 132 valence electrons. The number of likely N-dealkylation sites (tertiary alicyclic amines) is 1. The summed E-state index contributed by atoms with van der Waals surface area (Å²) in [6.07, 6.45) is 11.1. The molecule has 0 amide bonds. The number of rotatable bonds is 3. The van der Waals surface area contributed by atoms with Crippen LogP contribution in [0.25, 0.3) is 0 Å². The lowest BCUT2D eigenvalue weighted by Gasteiger charge is -2.34. The molecule has 0 aromatic carbocycles. The third-order valence-electron chi connectivity index (χ3n) is 5.40. The Bertz CT molecular complexity index is 426. The van der Waals surface area contributed by atoms with Crippen LogP contribution < -0.4 is 5.32 Å². The Balaban J connectivity index is 0.00000192. The quantitative estimate of drug-likeness (QED) is 0.308. The highest BCUT2D eigenvalue weighted by Gasteiger charge is 2.32. The number of hydrogen-bond acceptors (Lipinski definition) is 3. The molecule has 0 radical (unpaired) electrons. The minimum Gasteiger partial charge on any atom is -0.388 e. The number of guanidine groups is 1. The highest BCUT2D eigenvalue weighted by Crippen LogP contribution is 2.27. The van der Waals surface area contributed by atoms with Gasteiger partial charge in [0.15, 0.2) is 5.96 Å². The van der Waals surface area contributed by atoms with E-state index in [1.165, 1.54) is 12.8 Å². The summed E-state index contributed by atoms with van der Waals surface area (Å²) in [5.41, 5.74) is -0.536. The monoisotopic (exact) mass is 434 g/mol. The Morgan fingerprint density at radius 2 is 1.96 bits per heavy atom. The van der Waals surface area contributed by atoms with Crippen LogP contribution in [-0.2, 0) is 0 Å². The van der Waals surface area contributed by atoms with E-state index in [0.717, 1.165) is 57.8 Å². The Morgan fingerprint density at radius 3 is 2.61 bits per heavy atom. The maximum absolute atomic E-state index is 10.6. The van der Waals surface area contributed by atoms with E-state index in [-0.39, 0.29) is 24.0 Å². The number of nitrogens with one attached hydrogen (secondary N) is 1. The van der Waals surface area contributed by atoms with Crippen molar-refractivity contribution >= 4 is 29.9 Å². The zero-order valence-corrected chi connectivity index (χ0v) is 16.5. The molecule has 1 atom stereocenters. The fourth-order valence-electron chi connectivity index (χ4n) is 3.99. The normalized spacial score (nSPS) is 28.0. The van der Waals surface area contributed by atoms with Gasteiger partial charge in [-0.25, -0.2) is 0 Å². The van der Waals surface area contributed by atoms with E-state index in [0.29, 0.717) is 12.6 Å². The van der Waals surface area contributed by atoms with Crippen molar-refractivity contribution in [1.29, 1.82) is 0 Å². The predicted molar refractivity (Wildman–Crippen MR) is 106 cm³/mol. The first-order valence-corrected chi connectivity index (χ1v) is 8.77. The molecule has 1 unspecified atom stereocenters. The SMILES string of the molecule is CN=C(NCC1(O)CCCCC1)N1CCC(N2CC=CC2)C1.I. The van der Waals surface area contributed by atoms with Gasteiger partial charge in [0, 0.05) is 45.8 Å². The van der Waals surface area contributed by atoms with Gasteiger partial charge in [0.05, 0.1) is 5.60 Å². The third kappa shape index (κ3) is 4.82. The molecule has 0 aromatic rings. The van der Waals surface area contributed by atoms with Crippen LogP contribution in [0.2, 0.25) is 0 Å². The lowest BCUT2D eigenvalue weighted by molar-refractivity contribution is 0.00818. The van der Waals surface area contributed by atoms with Gasteiger partial charge >= 0.3 is 0 Å². The molecule has 2 N–H and O–H groups in total. The first kappa shape index (κ1) is 19.0. The molecule has 2 heterocycles. The Kier molecular flexibility index (Phi) is 7.16. The van der Waals surface area contributed by atoms with E-state index in [1.54, 1.807) is 0 Å². The molecule has 0 spiro atoms. The molecule has 2 aliphatic heterocycles. The van der Waals surface area contributed by atoms with Crippen LogP contribution >= 0.6 is 24.0 Å². The Hall–Kier alpha value is -0.340. The second-order valence-electron chi connectivity index (χ2n) is 7.00. The smallest absolute Gasteiger partial charge is 0.193 e. The molecule has 0 bridgehead atoms.